The number of likely N-dealkylation sites (N-methyl/N-ethyl adjacent to an activating group) is 1. The van der Waals surface area contributed by atoms with Gasteiger partial charge in [0.2, 0.25) is 5.91 Å². The van der Waals surface area contributed by atoms with Crippen LogP contribution in [0.2, 0.25) is 0 Å². The molecule has 1 atom stereocenters. The van der Waals surface area contributed by atoms with E-state index in [1.807, 2.05) is 4.90 Å². The van der Waals surface area contributed by atoms with Crippen LogP contribution in [0.1, 0.15) is 53.4 Å². The van der Waals surface area contributed by atoms with Crippen molar-refractivity contribution in [2.45, 2.75) is 59.4 Å². The lowest BCUT2D eigenvalue weighted by Gasteiger charge is -2.40. The van der Waals surface area contributed by atoms with Crippen LogP contribution in [-0.4, -0.2) is 36.5 Å². The maximum absolute atomic E-state index is 12.5. The highest BCUT2D eigenvalue weighted by atomic mass is 16.2. The van der Waals surface area contributed by atoms with Crippen molar-refractivity contribution in [1.82, 2.24) is 10.2 Å². The molecule has 3 heteroatoms. The zero-order valence-corrected chi connectivity index (χ0v) is 11.9. The molecule has 0 radical (unpaired) electrons. The maximum atomic E-state index is 12.5. The van der Waals surface area contributed by atoms with E-state index >= 15 is 0 Å². The fourth-order valence-electron chi connectivity index (χ4n) is 2.59. The molecular weight excluding hydrogens is 212 g/mol. The first-order chi connectivity index (χ1) is 8.03. The molecule has 1 heterocycles. The van der Waals surface area contributed by atoms with Gasteiger partial charge >= 0.3 is 0 Å². The van der Waals surface area contributed by atoms with E-state index in [-0.39, 0.29) is 11.5 Å². The van der Waals surface area contributed by atoms with Crippen molar-refractivity contribution >= 4 is 5.91 Å². The Labute approximate surface area is 106 Å². The van der Waals surface area contributed by atoms with Crippen LogP contribution >= 0.6 is 0 Å². The second-order valence-corrected chi connectivity index (χ2v) is 5.75. The molecule has 1 aliphatic heterocycles. The molecule has 0 bridgehead atoms. The Balaban J connectivity index is 2.65. The fourth-order valence-corrected chi connectivity index (χ4v) is 2.59. The summed E-state index contributed by atoms with van der Waals surface area (Å²) in [6, 6.07) is 0.00746. The lowest BCUT2D eigenvalue weighted by Crippen LogP contribution is -2.56. The molecule has 0 aromatic heterocycles. The predicted octanol–water partition coefficient (Wildman–Crippen LogP) is 2.41. The number of amides is 1. The van der Waals surface area contributed by atoms with Gasteiger partial charge in [-0.1, -0.05) is 27.2 Å². The van der Waals surface area contributed by atoms with Gasteiger partial charge < -0.3 is 10.2 Å². The number of nitrogens with one attached hydrogen (secondary N) is 1. The Morgan fingerprint density at radius 2 is 2.12 bits per heavy atom. The van der Waals surface area contributed by atoms with Crippen LogP contribution in [0.5, 0.6) is 0 Å². The van der Waals surface area contributed by atoms with Crippen molar-refractivity contribution in [3.8, 4) is 0 Å². The van der Waals surface area contributed by atoms with Crippen molar-refractivity contribution < 1.29 is 4.79 Å². The van der Waals surface area contributed by atoms with Crippen LogP contribution < -0.4 is 5.32 Å². The summed E-state index contributed by atoms with van der Waals surface area (Å²) in [4.78, 5) is 14.5. The molecule has 0 aromatic rings. The van der Waals surface area contributed by atoms with Crippen molar-refractivity contribution in [2.24, 2.45) is 5.41 Å². The molecule has 1 unspecified atom stereocenters. The van der Waals surface area contributed by atoms with Gasteiger partial charge in [-0.3, -0.25) is 4.79 Å². The molecule has 3 nitrogen and oxygen atoms in total. The van der Waals surface area contributed by atoms with E-state index in [2.05, 4.69) is 33.0 Å². The van der Waals surface area contributed by atoms with Gasteiger partial charge in [-0.2, -0.15) is 0 Å². The smallest absolute Gasteiger partial charge is 0.240 e. The van der Waals surface area contributed by atoms with E-state index in [9.17, 15) is 4.79 Å². The highest BCUT2D eigenvalue weighted by Crippen LogP contribution is 2.31. The quantitative estimate of drug-likeness (QED) is 0.800. The largest absolute Gasteiger partial charge is 0.342 e. The normalized spacial score (nSPS) is 23.4. The molecule has 1 rings (SSSR count). The average molecular weight is 240 g/mol. The third-order valence-electron chi connectivity index (χ3n) is 3.85. The monoisotopic (exact) mass is 240 g/mol. The number of piperidine rings is 1. The summed E-state index contributed by atoms with van der Waals surface area (Å²) in [6.07, 6.45) is 4.57. The van der Waals surface area contributed by atoms with Crippen LogP contribution in [-0.2, 0) is 4.79 Å². The standard InChI is InChI=1S/C14H28N2O/c1-5-7-11-16(6-2)13(17)12-14(3,4)9-8-10-15-12/h12,15H,5-11H2,1-4H3. The van der Waals surface area contributed by atoms with E-state index in [1.165, 1.54) is 6.42 Å². The van der Waals surface area contributed by atoms with Gasteiger partial charge in [0.1, 0.15) is 0 Å². The van der Waals surface area contributed by atoms with Crippen molar-refractivity contribution in [2.75, 3.05) is 19.6 Å². The first-order valence-corrected chi connectivity index (χ1v) is 7.05. The molecule has 100 valence electrons. The summed E-state index contributed by atoms with van der Waals surface area (Å²) in [5.41, 5.74) is 0.0922. The van der Waals surface area contributed by atoms with Crippen molar-refractivity contribution in [3.05, 3.63) is 0 Å². The van der Waals surface area contributed by atoms with Gasteiger partial charge in [-0.15, -0.1) is 0 Å². The van der Waals surface area contributed by atoms with Gasteiger partial charge in [-0.05, 0) is 38.1 Å². The Morgan fingerprint density at radius 1 is 1.41 bits per heavy atom. The number of carbonyl (C=O) groups is 1. The Morgan fingerprint density at radius 3 is 2.65 bits per heavy atom. The Bertz CT molecular complexity index is 251. The minimum Gasteiger partial charge on any atom is -0.342 e. The fraction of sp³-hybridized carbons (Fsp3) is 0.929. The average Bonchev–Trinajstić information content (AvgIpc) is 2.29. The van der Waals surface area contributed by atoms with E-state index < -0.39 is 0 Å². The summed E-state index contributed by atoms with van der Waals surface area (Å²) in [5.74, 6) is 0.297. The number of rotatable bonds is 5. The minimum absolute atomic E-state index is 0.00746. The zero-order valence-electron chi connectivity index (χ0n) is 11.9. The summed E-state index contributed by atoms with van der Waals surface area (Å²) in [6.45, 7) is 11.4. The van der Waals surface area contributed by atoms with Crippen LogP contribution in [0.3, 0.4) is 0 Å². The van der Waals surface area contributed by atoms with Gasteiger partial charge in [0.25, 0.3) is 0 Å². The SMILES string of the molecule is CCCCN(CC)C(=O)C1NCCCC1(C)C. The summed E-state index contributed by atoms with van der Waals surface area (Å²) in [5, 5.41) is 3.41. The van der Waals surface area contributed by atoms with Gasteiger partial charge in [0.05, 0.1) is 6.04 Å². The molecule has 1 aliphatic rings. The molecule has 0 spiro atoms. The topological polar surface area (TPSA) is 32.3 Å². The van der Waals surface area contributed by atoms with Crippen LogP contribution in [0.25, 0.3) is 0 Å². The third kappa shape index (κ3) is 3.70. The highest BCUT2D eigenvalue weighted by Gasteiger charge is 2.38. The van der Waals surface area contributed by atoms with Crippen LogP contribution in [0, 0.1) is 5.41 Å². The summed E-state index contributed by atoms with van der Waals surface area (Å²) < 4.78 is 0. The molecule has 1 amide bonds. The Kier molecular flexibility index (Phi) is 5.44. The van der Waals surface area contributed by atoms with Crippen molar-refractivity contribution in [1.29, 1.82) is 0 Å². The number of hydrogen-bond donors (Lipinski definition) is 1. The zero-order chi connectivity index (χ0) is 12.9. The molecule has 1 N–H and O–H groups in total. The number of nitrogens with zero attached hydrogens (tertiary/aromatic N) is 1. The highest BCUT2D eigenvalue weighted by molar-refractivity contribution is 5.82. The van der Waals surface area contributed by atoms with Crippen LogP contribution in [0.4, 0.5) is 0 Å². The van der Waals surface area contributed by atoms with E-state index in [4.69, 9.17) is 0 Å². The predicted molar refractivity (Wildman–Crippen MR) is 72.0 cm³/mol. The van der Waals surface area contributed by atoms with E-state index in [0.29, 0.717) is 5.91 Å². The lowest BCUT2D eigenvalue weighted by molar-refractivity contribution is -0.137. The third-order valence-corrected chi connectivity index (χ3v) is 3.85. The number of unbranched alkanes of at least 4 members (excludes halogenated alkanes) is 1. The van der Waals surface area contributed by atoms with E-state index in [1.54, 1.807) is 0 Å². The second-order valence-electron chi connectivity index (χ2n) is 5.75. The summed E-state index contributed by atoms with van der Waals surface area (Å²) in [7, 11) is 0. The Hall–Kier alpha value is -0.570. The lowest BCUT2D eigenvalue weighted by atomic mass is 9.77. The molecule has 17 heavy (non-hydrogen) atoms. The van der Waals surface area contributed by atoms with Crippen molar-refractivity contribution in [3.63, 3.8) is 0 Å². The molecule has 1 fully saturated rings. The maximum Gasteiger partial charge on any atom is 0.240 e. The second kappa shape index (κ2) is 6.39. The summed E-state index contributed by atoms with van der Waals surface area (Å²) >= 11 is 0. The molecule has 0 aromatic carbocycles. The molecule has 1 saturated heterocycles. The van der Waals surface area contributed by atoms with Gasteiger partial charge in [0, 0.05) is 13.1 Å². The molecule has 0 aliphatic carbocycles. The van der Waals surface area contributed by atoms with E-state index in [0.717, 1.165) is 38.9 Å². The minimum atomic E-state index is 0.00746. The van der Waals surface area contributed by atoms with Gasteiger partial charge in [-0.25, -0.2) is 0 Å². The van der Waals surface area contributed by atoms with Gasteiger partial charge in [0.15, 0.2) is 0 Å². The first-order valence-electron chi connectivity index (χ1n) is 7.05. The number of hydrogen-bond acceptors (Lipinski definition) is 2. The molecule has 0 saturated carbocycles. The van der Waals surface area contributed by atoms with Crippen LogP contribution in [0.15, 0.2) is 0 Å². The first kappa shape index (κ1) is 14.5. The molecular formula is C14H28N2O. The number of carbonyl (C=O) groups excluding carboxylic acids is 1.